The van der Waals surface area contributed by atoms with Crippen molar-refractivity contribution in [1.82, 2.24) is 0 Å². The molecule has 0 aromatic heterocycles. The van der Waals surface area contributed by atoms with Crippen molar-refractivity contribution in [1.29, 1.82) is 0 Å². The number of Topliss-reactive ketones (excluding diaryl/α,β-unsaturated/α-hetero) is 1. The minimum atomic E-state index is -4.42. The van der Waals surface area contributed by atoms with E-state index in [-0.39, 0.29) is 18.4 Å². The first-order valence-electron chi connectivity index (χ1n) is 6.57. The highest BCUT2D eigenvalue weighted by Gasteiger charge is 2.39. The van der Waals surface area contributed by atoms with E-state index >= 15 is 0 Å². The number of hydrogen-bond donors (Lipinski definition) is 0. The molecule has 0 amide bonds. The Labute approximate surface area is 120 Å². The molecule has 1 fully saturated rings. The number of methoxy groups -OCH3 is 1. The largest absolute Gasteiger partial charge is 0.416 e. The summed E-state index contributed by atoms with van der Waals surface area (Å²) in [5, 5.41) is 0. The number of benzene rings is 1. The van der Waals surface area contributed by atoms with E-state index in [4.69, 9.17) is 4.74 Å². The first-order valence-corrected chi connectivity index (χ1v) is 6.57. The maximum atomic E-state index is 12.8. The molecule has 0 saturated heterocycles. The number of rotatable bonds is 3. The van der Waals surface area contributed by atoms with Crippen LogP contribution in [0.3, 0.4) is 0 Å². The molecule has 0 bridgehead atoms. The van der Waals surface area contributed by atoms with Gasteiger partial charge in [0.2, 0.25) is 0 Å². The normalized spacial score (nSPS) is 24.8. The highest BCUT2D eigenvalue weighted by molar-refractivity contribution is 6.16. The van der Waals surface area contributed by atoms with E-state index in [0.717, 1.165) is 12.1 Å². The van der Waals surface area contributed by atoms with E-state index in [1.165, 1.54) is 19.2 Å². The van der Waals surface area contributed by atoms with E-state index in [0.29, 0.717) is 17.7 Å². The van der Waals surface area contributed by atoms with Gasteiger partial charge in [-0.2, -0.15) is 13.2 Å². The van der Waals surface area contributed by atoms with Gasteiger partial charge in [0, 0.05) is 18.7 Å². The Bertz CT molecular complexity index is 566. The lowest BCUT2D eigenvalue weighted by atomic mass is 9.93. The number of halogens is 3. The van der Waals surface area contributed by atoms with Crippen LogP contribution < -0.4 is 0 Å². The van der Waals surface area contributed by atoms with E-state index in [1.807, 2.05) is 0 Å². The third-order valence-electron chi connectivity index (χ3n) is 3.56. The number of ketones is 1. The Hall–Kier alpha value is -1.69. The zero-order chi connectivity index (χ0) is 15.6. The Kier molecular flexibility index (Phi) is 4.46. The number of nitrogens with zero attached hydrogens (tertiary/aromatic N) is 1. The second kappa shape index (κ2) is 5.97. The number of carbonyl (C=O) groups is 1. The summed E-state index contributed by atoms with van der Waals surface area (Å²) in [5.74, 6) is -1.03. The summed E-state index contributed by atoms with van der Waals surface area (Å²) in [6.45, 7) is 1.86. The Morgan fingerprint density at radius 1 is 1.38 bits per heavy atom. The van der Waals surface area contributed by atoms with Crippen molar-refractivity contribution < 1.29 is 22.7 Å². The molecule has 1 aromatic carbocycles. The SMILES string of the molecule is COCN=C1CC(C)C(=O)C1c1cccc(C(F)(F)F)c1. The Balaban J connectivity index is 2.40. The van der Waals surface area contributed by atoms with Gasteiger partial charge in [-0.1, -0.05) is 25.1 Å². The molecular formula is C15H16F3NO2. The van der Waals surface area contributed by atoms with Crippen molar-refractivity contribution >= 4 is 11.5 Å². The lowest BCUT2D eigenvalue weighted by Crippen LogP contribution is -2.16. The van der Waals surface area contributed by atoms with E-state index in [1.54, 1.807) is 6.92 Å². The molecule has 2 atom stereocenters. The molecule has 1 saturated carbocycles. The molecule has 1 aliphatic rings. The average molecular weight is 299 g/mol. The highest BCUT2D eigenvalue weighted by atomic mass is 19.4. The standard InChI is InChI=1S/C15H16F3NO2/c1-9-6-12(19-8-21-2)13(14(9)20)10-4-3-5-11(7-10)15(16,17)18/h3-5,7,9,13H,6,8H2,1-2H3. The van der Waals surface area contributed by atoms with Gasteiger partial charge in [-0.15, -0.1) is 0 Å². The summed E-state index contributed by atoms with van der Waals surface area (Å²) in [7, 11) is 1.48. The summed E-state index contributed by atoms with van der Waals surface area (Å²) >= 11 is 0. The number of alkyl halides is 3. The van der Waals surface area contributed by atoms with Crippen LogP contribution in [0.2, 0.25) is 0 Å². The minimum absolute atomic E-state index is 0.0934. The molecule has 0 N–H and O–H groups in total. The predicted octanol–water partition coefficient (Wildman–Crippen LogP) is 3.44. The third-order valence-corrected chi connectivity index (χ3v) is 3.56. The quantitative estimate of drug-likeness (QED) is 0.857. The van der Waals surface area contributed by atoms with Crippen molar-refractivity contribution in [2.75, 3.05) is 13.8 Å². The van der Waals surface area contributed by atoms with Crippen molar-refractivity contribution in [3.8, 4) is 0 Å². The summed E-state index contributed by atoms with van der Waals surface area (Å²) < 4.78 is 43.2. The highest BCUT2D eigenvalue weighted by Crippen LogP contribution is 2.36. The summed E-state index contributed by atoms with van der Waals surface area (Å²) in [6, 6.07) is 4.89. The van der Waals surface area contributed by atoms with E-state index in [2.05, 4.69) is 4.99 Å². The average Bonchev–Trinajstić information content (AvgIpc) is 2.71. The van der Waals surface area contributed by atoms with E-state index < -0.39 is 17.7 Å². The summed E-state index contributed by atoms with van der Waals surface area (Å²) in [6.07, 6.45) is -3.96. The molecule has 0 heterocycles. The van der Waals surface area contributed by atoms with Crippen LogP contribution in [0.1, 0.15) is 30.4 Å². The van der Waals surface area contributed by atoms with Gasteiger partial charge in [-0.05, 0) is 18.1 Å². The summed E-state index contributed by atoms with van der Waals surface area (Å²) in [5.41, 5.74) is 0.182. The van der Waals surface area contributed by atoms with Crippen LogP contribution >= 0.6 is 0 Å². The van der Waals surface area contributed by atoms with Crippen LogP contribution in [0.4, 0.5) is 13.2 Å². The Morgan fingerprint density at radius 2 is 2.10 bits per heavy atom. The molecule has 3 nitrogen and oxygen atoms in total. The van der Waals surface area contributed by atoms with Gasteiger partial charge in [0.1, 0.15) is 12.5 Å². The third kappa shape index (κ3) is 3.32. The first kappa shape index (κ1) is 15.7. The lowest BCUT2D eigenvalue weighted by Gasteiger charge is -2.14. The van der Waals surface area contributed by atoms with Gasteiger partial charge in [0.05, 0.1) is 11.5 Å². The smallest absolute Gasteiger partial charge is 0.363 e. The number of ether oxygens (including phenoxy) is 1. The van der Waals surface area contributed by atoms with Crippen molar-refractivity contribution in [2.45, 2.75) is 25.4 Å². The molecule has 1 aliphatic carbocycles. The second-order valence-corrected chi connectivity index (χ2v) is 5.13. The van der Waals surface area contributed by atoms with Crippen molar-refractivity contribution in [2.24, 2.45) is 10.9 Å². The number of hydrogen-bond acceptors (Lipinski definition) is 3. The van der Waals surface area contributed by atoms with Gasteiger partial charge in [0.15, 0.2) is 0 Å². The van der Waals surface area contributed by atoms with Crippen LogP contribution in [0.5, 0.6) is 0 Å². The van der Waals surface area contributed by atoms with Crippen molar-refractivity contribution in [3.63, 3.8) is 0 Å². The topological polar surface area (TPSA) is 38.7 Å². The van der Waals surface area contributed by atoms with Crippen LogP contribution in [0.25, 0.3) is 0 Å². The fourth-order valence-electron chi connectivity index (χ4n) is 2.54. The molecule has 21 heavy (non-hydrogen) atoms. The molecular weight excluding hydrogens is 283 g/mol. The molecule has 6 heteroatoms. The molecule has 0 spiro atoms. The van der Waals surface area contributed by atoms with Crippen molar-refractivity contribution in [3.05, 3.63) is 35.4 Å². The van der Waals surface area contributed by atoms with Crippen LogP contribution in [-0.4, -0.2) is 25.3 Å². The zero-order valence-electron chi connectivity index (χ0n) is 11.8. The fourth-order valence-corrected chi connectivity index (χ4v) is 2.54. The van der Waals surface area contributed by atoms with Crippen LogP contribution in [0, 0.1) is 5.92 Å². The molecule has 114 valence electrons. The first-order chi connectivity index (χ1) is 9.84. The number of carbonyl (C=O) groups excluding carboxylic acids is 1. The monoisotopic (exact) mass is 299 g/mol. The zero-order valence-corrected chi connectivity index (χ0v) is 11.8. The maximum Gasteiger partial charge on any atom is 0.416 e. The molecule has 1 aromatic rings. The van der Waals surface area contributed by atoms with Gasteiger partial charge in [-0.3, -0.25) is 9.79 Å². The van der Waals surface area contributed by atoms with Gasteiger partial charge < -0.3 is 4.74 Å². The molecule has 2 rings (SSSR count). The van der Waals surface area contributed by atoms with Gasteiger partial charge >= 0.3 is 6.18 Å². The fraction of sp³-hybridized carbons (Fsp3) is 0.467. The minimum Gasteiger partial charge on any atom is -0.363 e. The van der Waals surface area contributed by atoms with Gasteiger partial charge in [-0.25, -0.2) is 0 Å². The summed E-state index contributed by atoms with van der Waals surface area (Å²) in [4.78, 5) is 16.4. The maximum absolute atomic E-state index is 12.8. The van der Waals surface area contributed by atoms with Crippen LogP contribution in [-0.2, 0) is 15.7 Å². The lowest BCUT2D eigenvalue weighted by molar-refractivity contribution is -0.137. The second-order valence-electron chi connectivity index (χ2n) is 5.13. The molecule has 2 unspecified atom stereocenters. The van der Waals surface area contributed by atoms with Crippen LogP contribution in [0.15, 0.2) is 29.3 Å². The molecule has 0 radical (unpaired) electrons. The van der Waals surface area contributed by atoms with E-state index in [9.17, 15) is 18.0 Å². The van der Waals surface area contributed by atoms with Gasteiger partial charge in [0.25, 0.3) is 0 Å². The number of aliphatic imine (C=N–C) groups is 1. The Morgan fingerprint density at radius 3 is 2.71 bits per heavy atom. The molecule has 0 aliphatic heterocycles. The predicted molar refractivity (Wildman–Crippen MR) is 72.3 cm³/mol.